The van der Waals surface area contributed by atoms with E-state index in [0.29, 0.717) is 5.75 Å². The number of hydrogen-bond acceptors (Lipinski definition) is 7. The van der Waals surface area contributed by atoms with Crippen LogP contribution in [0.3, 0.4) is 0 Å². The van der Waals surface area contributed by atoms with Gasteiger partial charge in [0.15, 0.2) is 11.5 Å². The van der Waals surface area contributed by atoms with Crippen molar-refractivity contribution in [2.45, 2.75) is 61.7 Å². The summed E-state index contributed by atoms with van der Waals surface area (Å²) in [4.78, 5) is 2.56. The van der Waals surface area contributed by atoms with Crippen LogP contribution < -0.4 is 4.74 Å². The first-order valence-corrected chi connectivity index (χ1v) is 11.8. The van der Waals surface area contributed by atoms with Gasteiger partial charge >= 0.3 is 0 Å². The van der Waals surface area contributed by atoms with Gasteiger partial charge in [-0.1, -0.05) is 12.6 Å². The number of likely N-dealkylation sites (tertiary alicyclic amines) is 1. The fraction of sp³-hybridized carbons (Fsp3) is 0.619. The van der Waals surface area contributed by atoms with E-state index in [1.807, 2.05) is 6.07 Å². The minimum absolute atomic E-state index is 0.157. The van der Waals surface area contributed by atoms with Gasteiger partial charge in [0, 0.05) is 18.2 Å². The molecule has 3 aliphatic carbocycles. The zero-order valence-electron chi connectivity index (χ0n) is 16.6. The summed E-state index contributed by atoms with van der Waals surface area (Å²) in [6.07, 6.45) is 5.79. The number of hydrogen-bond donors (Lipinski definition) is 3. The molecule has 8 nitrogen and oxygen atoms in total. The Hall–Kier alpha value is -1.65. The second kappa shape index (κ2) is 6.43. The normalized spacial score (nSPS) is 36.4. The van der Waals surface area contributed by atoms with E-state index >= 15 is 0 Å². The molecule has 2 saturated carbocycles. The smallest absolute Gasteiger partial charge is 0.215 e. The van der Waals surface area contributed by atoms with E-state index in [9.17, 15) is 10.2 Å². The van der Waals surface area contributed by atoms with Gasteiger partial charge in [-0.25, -0.2) is 8.42 Å². The third-order valence-electron chi connectivity index (χ3n) is 7.71. The predicted octanol–water partition coefficient (Wildman–Crippen LogP) is 1.52. The number of rotatable bonds is 2. The van der Waals surface area contributed by atoms with E-state index in [2.05, 4.69) is 11.5 Å². The number of benzene rings is 1. The highest BCUT2D eigenvalue weighted by atomic mass is 32.3. The molecule has 2 aliphatic heterocycles. The number of aliphatic hydroxyl groups is 1. The van der Waals surface area contributed by atoms with Crippen LogP contribution in [0.1, 0.15) is 43.2 Å². The van der Waals surface area contributed by atoms with Crippen molar-refractivity contribution >= 4 is 10.4 Å². The lowest BCUT2D eigenvalue weighted by molar-refractivity contribution is -0.174. The molecule has 2 bridgehead atoms. The summed E-state index contributed by atoms with van der Waals surface area (Å²) in [6, 6.07) is 3.96. The maximum Gasteiger partial charge on any atom is 0.215 e. The highest BCUT2D eigenvalue weighted by Crippen LogP contribution is 2.66. The van der Waals surface area contributed by atoms with Crippen molar-refractivity contribution in [1.29, 1.82) is 0 Å². The summed E-state index contributed by atoms with van der Waals surface area (Å²) in [5.41, 5.74) is 2.21. The molecule has 0 unspecified atom stereocenters. The van der Waals surface area contributed by atoms with Gasteiger partial charge in [-0.3, -0.25) is 9.45 Å². The molecule has 1 saturated heterocycles. The lowest BCUT2D eigenvalue weighted by atomic mass is 9.48. The summed E-state index contributed by atoms with van der Waals surface area (Å²) in [5, 5.41) is 22.5. The average molecular weight is 437 g/mol. The van der Waals surface area contributed by atoms with E-state index in [0.717, 1.165) is 55.8 Å². The van der Waals surface area contributed by atoms with Crippen molar-refractivity contribution in [2.24, 2.45) is 5.92 Å². The fourth-order valence-corrected chi connectivity index (χ4v) is 6.39. The maximum atomic E-state index is 12.1. The molecule has 0 radical (unpaired) electrons. The average Bonchev–Trinajstić information content (AvgIpc) is 3.38. The van der Waals surface area contributed by atoms with E-state index in [1.165, 1.54) is 18.4 Å². The first-order chi connectivity index (χ1) is 14.0. The summed E-state index contributed by atoms with van der Waals surface area (Å²) < 4.78 is 39.1. The van der Waals surface area contributed by atoms with E-state index in [-0.39, 0.29) is 17.9 Å². The maximum absolute atomic E-state index is 12.1. The second-order valence-electron chi connectivity index (χ2n) is 9.34. The number of piperidine rings is 1. The van der Waals surface area contributed by atoms with Crippen molar-refractivity contribution in [3.63, 3.8) is 0 Å². The van der Waals surface area contributed by atoms with Crippen LogP contribution in [0.2, 0.25) is 0 Å². The third kappa shape index (κ3) is 2.83. The van der Waals surface area contributed by atoms with Crippen LogP contribution in [0.25, 0.3) is 0 Å². The molecule has 30 heavy (non-hydrogen) atoms. The van der Waals surface area contributed by atoms with Crippen LogP contribution in [0.5, 0.6) is 11.5 Å². The number of phenolic OH excluding ortho intramolecular Hbond substituents is 1. The number of ether oxygens (including phenoxy) is 1. The van der Waals surface area contributed by atoms with E-state index < -0.39 is 21.4 Å². The summed E-state index contributed by atoms with van der Waals surface area (Å²) in [6.45, 7) is 6.40. The predicted molar refractivity (Wildman–Crippen MR) is 106 cm³/mol. The molecule has 2 heterocycles. The Kier molecular flexibility index (Phi) is 4.34. The summed E-state index contributed by atoms with van der Waals surface area (Å²) >= 11 is 0. The Morgan fingerprint density at radius 3 is 2.67 bits per heavy atom. The SMILES string of the molecule is C=C1CC[C@@]2(O)[C@H]3Cc4ccc(O)c5c4[C@@]2(CCN3CC2CC2)[C@H]1O5.O=S(=O)([O-])O. The van der Waals surface area contributed by atoms with Gasteiger partial charge in [-0.05, 0) is 68.2 Å². The van der Waals surface area contributed by atoms with Gasteiger partial charge in [0.2, 0.25) is 10.4 Å². The van der Waals surface area contributed by atoms with Gasteiger partial charge < -0.3 is 19.5 Å². The lowest BCUT2D eigenvalue weighted by Crippen LogP contribution is -2.75. The van der Waals surface area contributed by atoms with Crippen LogP contribution in [0.15, 0.2) is 24.3 Å². The fourth-order valence-electron chi connectivity index (χ4n) is 6.39. The van der Waals surface area contributed by atoms with Gasteiger partial charge in [-0.2, -0.15) is 0 Å². The molecular weight excluding hydrogens is 410 g/mol. The van der Waals surface area contributed by atoms with Crippen LogP contribution >= 0.6 is 0 Å². The van der Waals surface area contributed by atoms with Crippen LogP contribution in [0, 0.1) is 5.92 Å². The lowest BCUT2D eigenvalue weighted by Gasteiger charge is -2.63. The molecule has 1 aromatic rings. The minimum Gasteiger partial charge on any atom is -0.726 e. The van der Waals surface area contributed by atoms with Gasteiger partial charge in [0.25, 0.3) is 0 Å². The Bertz CT molecular complexity index is 1010. The molecule has 3 N–H and O–H groups in total. The first-order valence-electron chi connectivity index (χ1n) is 10.4. The number of nitrogens with zero attached hydrogens (tertiary/aromatic N) is 1. The van der Waals surface area contributed by atoms with Crippen molar-refractivity contribution in [1.82, 2.24) is 4.90 Å². The van der Waals surface area contributed by atoms with Gasteiger partial charge in [0.05, 0.1) is 11.0 Å². The topological polar surface area (TPSA) is 130 Å². The van der Waals surface area contributed by atoms with Crippen LogP contribution in [-0.2, 0) is 22.2 Å². The summed E-state index contributed by atoms with van der Waals surface area (Å²) in [5.74, 6) is 1.64. The molecule has 3 fully saturated rings. The number of phenols is 1. The van der Waals surface area contributed by atoms with E-state index in [4.69, 9.17) is 22.3 Å². The molecular formula is C21H26NO7S-. The van der Waals surface area contributed by atoms with Gasteiger partial charge in [0.1, 0.15) is 6.10 Å². The van der Waals surface area contributed by atoms with Crippen molar-refractivity contribution in [2.75, 3.05) is 13.1 Å². The van der Waals surface area contributed by atoms with Crippen LogP contribution in [0.4, 0.5) is 0 Å². The monoisotopic (exact) mass is 436 g/mol. The molecule has 5 aliphatic rings. The molecule has 9 heteroatoms. The van der Waals surface area contributed by atoms with Crippen molar-refractivity contribution in [3.05, 3.63) is 35.4 Å². The minimum atomic E-state index is -4.92. The Morgan fingerprint density at radius 1 is 1.30 bits per heavy atom. The summed E-state index contributed by atoms with van der Waals surface area (Å²) in [7, 11) is -4.92. The second-order valence-corrected chi connectivity index (χ2v) is 10.2. The molecule has 1 spiro atoms. The van der Waals surface area contributed by atoms with Crippen molar-refractivity contribution in [3.8, 4) is 11.5 Å². The van der Waals surface area contributed by atoms with Crippen molar-refractivity contribution < 1.29 is 32.5 Å². The zero-order valence-corrected chi connectivity index (χ0v) is 17.4. The molecule has 0 amide bonds. The molecule has 6 rings (SSSR count). The molecule has 0 aromatic heterocycles. The Balaban J connectivity index is 0.000000349. The Morgan fingerprint density at radius 2 is 2.00 bits per heavy atom. The Labute approximate surface area is 175 Å². The zero-order chi connectivity index (χ0) is 21.5. The molecule has 1 aromatic carbocycles. The quantitative estimate of drug-likeness (QED) is 0.361. The first kappa shape index (κ1) is 20.3. The van der Waals surface area contributed by atoms with Crippen LogP contribution in [-0.4, -0.2) is 63.5 Å². The third-order valence-corrected chi connectivity index (χ3v) is 7.71. The highest BCUT2D eigenvalue weighted by Gasteiger charge is 2.71. The molecule has 4 atom stereocenters. The standard InChI is InChI=1S/C21H25NO3.H2O4S/c1-12-6-7-21(24)16-10-14-4-5-15(23)18-17(14)20(21,19(12)25-18)8-9-22(16)11-13-2-3-13;1-5(2,3)4/h4-5,13,16,19,23-24H,1-3,6-11H2;(H2,1,2,3,4)/p-1/t16-,19+,20+,21-;/m1./s1. The highest BCUT2D eigenvalue weighted by molar-refractivity contribution is 7.79. The largest absolute Gasteiger partial charge is 0.726 e. The molecule has 164 valence electrons. The van der Waals surface area contributed by atoms with E-state index in [1.54, 1.807) is 6.07 Å². The number of aromatic hydroxyl groups is 1. The van der Waals surface area contributed by atoms with Gasteiger partial charge in [-0.15, -0.1) is 0 Å².